The summed E-state index contributed by atoms with van der Waals surface area (Å²) in [7, 11) is 0. The number of hydrogen-bond donors (Lipinski definition) is 1. The van der Waals surface area contributed by atoms with Crippen LogP contribution in [0.1, 0.15) is 20.3 Å². The topological polar surface area (TPSA) is 67.0 Å². The predicted octanol–water partition coefficient (Wildman–Crippen LogP) is 1.64. The van der Waals surface area contributed by atoms with Crippen molar-refractivity contribution in [1.82, 2.24) is 9.88 Å². The molecule has 0 radical (unpaired) electrons. The molecule has 0 aliphatic carbocycles. The van der Waals surface area contributed by atoms with Crippen LogP contribution in [0.2, 0.25) is 0 Å². The van der Waals surface area contributed by atoms with Gasteiger partial charge in [0, 0.05) is 57.5 Å². The number of hydrogen-bond acceptors (Lipinski definition) is 5. The number of nitrogens with zero attached hydrogens (tertiary/aromatic N) is 4. The molecule has 0 aromatic carbocycles. The summed E-state index contributed by atoms with van der Waals surface area (Å²) in [5.41, 5.74) is 6.08. The van der Waals surface area contributed by atoms with E-state index in [1.54, 1.807) is 11.3 Å². The average Bonchev–Trinajstić information content (AvgIpc) is 3.05. The molecule has 1 aliphatic heterocycles. The number of guanidine groups is 1. The quantitative estimate of drug-likeness (QED) is 0.469. The normalized spacial score (nSPS) is 16.6. The van der Waals surface area contributed by atoms with Crippen molar-refractivity contribution in [2.45, 2.75) is 20.3 Å². The zero-order chi connectivity index (χ0) is 15.8. The van der Waals surface area contributed by atoms with E-state index in [9.17, 15) is 0 Å². The van der Waals surface area contributed by atoms with Crippen LogP contribution in [0, 0.1) is 5.92 Å². The van der Waals surface area contributed by atoms with Gasteiger partial charge in [-0.15, -0.1) is 11.3 Å². The van der Waals surface area contributed by atoms with Gasteiger partial charge in [-0.25, -0.2) is 4.98 Å². The second-order valence-corrected chi connectivity index (χ2v) is 6.72. The van der Waals surface area contributed by atoms with Crippen LogP contribution >= 0.6 is 11.3 Å². The van der Waals surface area contributed by atoms with Crippen molar-refractivity contribution in [3.05, 3.63) is 11.6 Å². The Morgan fingerprint density at radius 2 is 2.18 bits per heavy atom. The van der Waals surface area contributed by atoms with E-state index in [1.165, 1.54) is 0 Å². The van der Waals surface area contributed by atoms with Crippen molar-refractivity contribution in [3.8, 4) is 0 Å². The number of anilines is 1. The molecule has 7 heteroatoms. The summed E-state index contributed by atoms with van der Waals surface area (Å²) in [5, 5.41) is 3.11. The van der Waals surface area contributed by atoms with Crippen LogP contribution in [0.15, 0.2) is 16.6 Å². The smallest absolute Gasteiger partial charge is 0.191 e. The molecular formula is C15H27N5OS. The molecule has 124 valence electrons. The Kier molecular flexibility index (Phi) is 6.92. The molecule has 0 unspecified atom stereocenters. The van der Waals surface area contributed by atoms with E-state index in [4.69, 9.17) is 10.5 Å². The SMILES string of the molecule is CC(C)COCCCN=C(N)N1CCN(c2nccs2)CC1. The Bertz CT molecular complexity index is 441. The largest absolute Gasteiger partial charge is 0.381 e. The van der Waals surface area contributed by atoms with Gasteiger partial charge >= 0.3 is 0 Å². The first-order chi connectivity index (χ1) is 10.7. The molecule has 0 spiro atoms. The second kappa shape index (κ2) is 8.95. The molecule has 2 rings (SSSR count). The summed E-state index contributed by atoms with van der Waals surface area (Å²) in [6, 6.07) is 0. The van der Waals surface area contributed by atoms with Gasteiger partial charge in [-0.05, 0) is 12.3 Å². The highest BCUT2D eigenvalue weighted by atomic mass is 32.1. The lowest BCUT2D eigenvalue weighted by molar-refractivity contribution is 0.109. The van der Waals surface area contributed by atoms with Crippen molar-refractivity contribution < 1.29 is 4.74 Å². The van der Waals surface area contributed by atoms with Gasteiger partial charge in [0.25, 0.3) is 0 Å². The van der Waals surface area contributed by atoms with E-state index in [-0.39, 0.29) is 0 Å². The Balaban J connectivity index is 1.64. The van der Waals surface area contributed by atoms with Gasteiger partial charge in [0.1, 0.15) is 0 Å². The van der Waals surface area contributed by atoms with Crippen LogP contribution in [0.3, 0.4) is 0 Å². The maximum atomic E-state index is 6.08. The molecule has 6 nitrogen and oxygen atoms in total. The average molecular weight is 325 g/mol. The molecule has 1 aromatic rings. The fourth-order valence-corrected chi connectivity index (χ4v) is 2.97. The molecule has 0 saturated carbocycles. The Morgan fingerprint density at radius 1 is 1.41 bits per heavy atom. The van der Waals surface area contributed by atoms with Crippen molar-refractivity contribution >= 4 is 22.4 Å². The summed E-state index contributed by atoms with van der Waals surface area (Å²) < 4.78 is 5.54. The second-order valence-electron chi connectivity index (χ2n) is 5.85. The summed E-state index contributed by atoms with van der Waals surface area (Å²) in [6.45, 7) is 10.3. The first-order valence-corrected chi connectivity index (χ1v) is 8.82. The minimum atomic E-state index is 0.586. The van der Waals surface area contributed by atoms with Crippen LogP contribution < -0.4 is 10.6 Å². The van der Waals surface area contributed by atoms with Crippen molar-refractivity contribution in [2.24, 2.45) is 16.6 Å². The van der Waals surface area contributed by atoms with Crippen LogP contribution in [-0.2, 0) is 4.74 Å². The Morgan fingerprint density at radius 3 is 2.82 bits per heavy atom. The van der Waals surface area contributed by atoms with Crippen molar-refractivity contribution in [2.75, 3.05) is 50.8 Å². The summed E-state index contributed by atoms with van der Waals surface area (Å²) in [5.74, 6) is 1.24. The van der Waals surface area contributed by atoms with E-state index in [0.717, 1.165) is 57.5 Å². The van der Waals surface area contributed by atoms with E-state index in [1.807, 2.05) is 11.6 Å². The lowest BCUT2D eigenvalue weighted by Gasteiger charge is -2.35. The summed E-state index contributed by atoms with van der Waals surface area (Å²) >= 11 is 1.68. The first-order valence-electron chi connectivity index (χ1n) is 7.94. The number of aromatic nitrogens is 1. The zero-order valence-corrected chi connectivity index (χ0v) is 14.4. The van der Waals surface area contributed by atoms with Crippen molar-refractivity contribution in [3.63, 3.8) is 0 Å². The van der Waals surface area contributed by atoms with Crippen molar-refractivity contribution in [1.29, 1.82) is 0 Å². The van der Waals surface area contributed by atoms with Gasteiger partial charge < -0.3 is 20.3 Å². The minimum absolute atomic E-state index is 0.586. The molecule has 0 amide bonds. The molecule has 1 aliphatic rings. The van der Waals surface area contributed by atoms with Gasteiger partial charge in [0.05, 0.1) is 0 Å². The zero-order valence-electron chi connectivity index (χ0n) is 13.6. The number of nitrogens with two attached hydrogens (primary N) is 1. The van der Waals surface area contributed by atoms with Gasteiger partial charge in [0.2, 0.25) is 0 Å². The molecule has 0 bridgehead atoms. The molecule has 22 heavy (non-hydrogen) atoms. The van der Waals surface area contributed by atoms with Crippen LogP contribution in [0.4, 0.5) is 5.13 Å². The summed E-state index contributed by atoms with van der Waals surface area (Å²) in [6.07, 6.45) is 2.77. The third-order valence-electron chi connectivity index (χ3n) is 3.47. The standard InChI is InChI=1S/C15H27N5OS/c1-13(2)12-21-10-3-4-17-14(16)19-6-8-20(9-7-19)15-18-5-11-22-15/h5,11,13H,3-4,6-10,12H2,1-2H3,(H2,16,17). The third kappa shape index (κ3) is 5.46. The van der Waals surface area contributed by atoms with Crippen LogP contribution in [0.25, 0.3) is 0 Å². The van der Waals surface area contributed by atoms with E-state index < -0.39 is 0 Å². The highest BCUT2D eigenvalue weighted by molar-refractivity contribution is 7.13. The third-order valence-corrected chi connectivity index (χ3v) is 4.30. The fourth-order valence-electron chi connectivity index (χ4n) is 2.28. The van der Waals surface area contributed by atoms with Gasteiger partial charge in [-0.2, -0.15) is 0 Å². The van der Waals surface area contributed by atoms with Crippen LogP contribution in [-0.4, -0.2) is 61.8 Å². The number of thiazole rings is 1. The molecule has 1 fully saturated rings. The predicted molar refractivity (Wildman–Crippen MR) is 92.7 cm³/mol. The van der Waals surface area contributed by atoms with E-state index in [0.29, 0.717) is 11.9 Å². The van der Waals surface area contributed by atoms with Gasteiger partial charge in [-0.3, -0.25) is 4.99 Å². The Labute approximate surface area is 137 Å². The molecular weight excluding hydrogens is 298 g/mol. The molecule has 2 N–H and O–H groups in total. The highest BCUT2D eigenvalue weighted by Crippen LogP contribution is 2.18. The van der Waals surface area contributed by atoms with Crippen LogP contribution in [0.5, 0.6) is 0 Å². The lowest BCUT2D eigenvalue weighted by atomic mass is 10.2. The molecule has 2 heterocycles. The maximum Gasteiger partial charge on any atom is 0.191 e. The van der Waals surface area contributed by atoms with E-state index >= 15 is 0 Å². The number of ether oxygens (including phenoxy) is 1. The molecule has 1 aromatic heterocycles. The highest BCUT2D eigenvalue weighted by Gasteiger charge is 2.19. The number of aliphatic imine (C=N–C) groups is 1. The first kappa shape index (κ1) is 17.0. The summed E-state index contributed by atoms with van der Waals surface area (Å²) in [4.78, 5) is 13.3. The molecule has 0 atom stereocenters. The van der Waals surface area contributed by atoms with Gasteiger partial charge in [-0.1, -0.05) is 13.8 Å². The number of piperazine rings is 1. The minimum Gasteiger partial charge on any atom is -0.381 e. The lowest BCUT2D eigenvalue weighted by Crippen LogP contribution is -2.51. The van der Waals surface area contributed by atoms with Gasteiger partial charge in [0.15, 0.2) is 11.1 Å². The van der Waals surface area contributed by atoms with E-state index in [2.05, 4.69) is 33.6 Å². The maximum absolute atomic E-state index is 6.08. The monoisotopic (exact) mass is 325 g/mol. The Hall–Kier alpha value is -1.34. The fraction of sp³-hybridized carbons (Fsp3) is 0.733. The molecule has 1 saturated heterocycles. The number of rotatable bonds is 7.